The lowest BCUT2D eigenvalue weighted by Crippen LogP contribution is -2.49. The predicted molar refractivity (Wildman–Crippen MR) is 139 cm³/mol. The average molecular weight is 494 g/mol. The number of thiophene rings is 1. The first-order chi connectivity index (χ1) is 17.0. The number of urea groups is 1. The second-order valence-corrected chi connectivity index (χ2v) is 10.1. The summed E-state index contributed by atoms with van der Waals surface area (Å²) in [6.45, 7) is 2.86. The molecule has 3 aromatic rings. The molecule has 1 N–H and O–H groups in total. The van der Waals surface area contributed by atoms with Crippen LogP contribution in [0.4, 0.5) is 14.9 Å². The first-order valence-electron chi connectivity index (χ1n) is 12.2. The molecule has 0 spiro atoms. The number of halogens is 1. The van der Waals surface area contributed by atoms with Crippen molar-refractivity contribution in [3.05, 3.63) is 87.9 Å². The molecule has 0 radical (unpaired) electrons. The molecule has 4 rings (SSSR count). The number of hydrogen-bond donors (Lipinski definition) is 1. The average Bonchev–Trinajstić information content (AvgIpc) is 3.28. The fourth-order valence-corrected chi connectivity index (χ4v) is 5.42. The zero-order valence-electron chi connectivity index (χ0n) is 20.1. The number of amides is 3. The molecule has 35 heavy (non-hydrogen) atoms. The van der Waals surface area contributed by atoms with E-state index < -0.39 is 0 Å². The van der Waals surface area contributed by atoms with E-state index in [0.29, 0.717) is 18.8 Å². The molecule has 0 saturated heterocycles. The highest BCUT2D eigenvalue weighted by molar-refractivity contribution is 7.10. The van der Waals surface area contributed by atoms with Crippen molar-refractivity contribution in [2.45, 2.75) is 58.2 Å². The maximum Gasteiger partial charge on any atom is 0.322 e. The van der Waals surface area contributed by atoms with Crippen molar-refractivity contribution >= 4 is 29.0 Å². The Morgan fingerprint density at radius 2 is 1.69 bits per heavy atom. The van der Waals surface area contributed by atoms with Crippen LogP contribution in [-0.4, -0.2) is 34.3 Å². The van der Waals surface area contributed by atoms with Crippen molar-refractivity contribution in [3.8, 4) is 0 Å². The van der Waals surface area contributed by atoms with Crippen LogP contribution in [-0.2, 0) is 17.9 Å². The fraction of sp³-hybridized carbons (Fsp3) is 0.357. The molecule has 0 aliphatic heterocycles. The lowest BCUT2D eigenvalue weighted by atomic mass is 9.94. The van der Waals surface area contributed by atoms with E-state index in [1.165, 1.54) is 12.1 Å². The predicted octanol–water partition coefficient (Wildman–Crippen LogP) is 6.59. The van der Waals surface area contributed by atoms with E-state index in [1.54, 1.807) is 33.3 Å². The number of para-hydroxylation sites is 1. The number of rotatable bonds is 8. The van der Waals surface area contributed by atoms with Gasteiger partial charge >= 0.3 is 6.03 Å². The fourth-order valence-electron chi connectivity index (χ4n) is 4.50. The Morgan fingerprint density at radius 1 is 0.971 bits per heavy atom. The van der Waals surface area contributed by atoms with E-state index in [9.17, 15) is 14.0 Å². The van der Waals surface area contributed by atoms with E-state index in [0.717, 1.165) is 48.1 Å². The molecule has 1 aliphatic rings. The number of nitrogens with one attached hydrogen (secondary N) is 1. The van der Waals surface area contributed by atoms with Gasteiger partial charge in [-0.3, -0.25) is 4.79 Å². The molecule has 0 bridgehead atoms. The monoisotopic (exact) mass is 493 g/mol. The van der Waals surface area contributed by atoms with Crippen LogP contribution in [0.3, 0.4) is 0 Å². The van der Waals surface area contributed by atoms with Gasteiger partial charge in [-0.05, 0) is 66.6 Å². The molecule has 1 aromatic heterocycles. The molecule has 1 aliphatic carbocycles. The lowest BCUT2D eigenvalue weighted by molar-refractivity contribution is -0.133. The van der Waals surface area contributed by atoms with Gasteiger partial charge in [-0.2, -0.15) is 0 Å². The van der Waals surface area contributed by atoms with Crippen molar-refractivity contribution in [1.82, 2.24) is 9.80 Å². The normalized spacial score (nSPS) is 13.9. The topological polar surface area (TPSA) is 52.7 Å². The number of aryl methyl sites for hydroxylation is 1. The number of carbonyl (C=O) groups excluding carboxylic acids is 2. The third-order valence-corrected chi connectivity index (χ3v) is 7.56. The van der Waals surface area contributed by atoms with Gasteiger partial charge in [0.15, 0.2) is 0 Å². The Labute approximate surface area is 210 Å². The summed E-state index contributed by atoms with van der Waals surface area (Å²) in [7, 11) is 0. The van der Waals surface area contributed by atoms with Gasteiger partial charge in [0.1, 0.15) is 12.4 Å². The summed E-state index contributed by atoms with van der Waals surface area (Å²) < 4.78 is 13.5. The summed E-state index contributed by atoms with van der Waals surface area (Å²) in [6.07, 6.45) is 5.07. The maximum atomic E-state index is 13.7. The smallest absolute Gasteiger partial charge is 0.322 e. The summed E-state index contributed by atoms with van der Waals surface area (Å²) in [5.74, 6) is -0.419. The molecule has 1 heterocycles. The van der Waals surface area contributed by atoms with Gasteiger partial charge in [0.2, 0.25) is 5.91 Å². The first kappa shape index (κ1) is 24.9. The molecule has 0 unspecified atom stereocenters. The van der Waals surface area contributed by atoms with E-state index >= 15 is 0 Å². The molecule has 1 fully saturated rings. The van der Waals surface area contributed by atoms with Gasteiger partial charge in [0.25, 0.3) is 0 Å². The Morgan fingerprint density at radius 3 is 2.34 bits per heavy atom. The molecule has 7 heteroatoms. The SMILES string of the molecule is Cc1ccsc1CN(Cc1ccc(F)cc1)C(=O)CN(C(=O)Nc1ccccc1)C1CCCCC1. The Balaban J connectivity index is 1.54. The number of benzene rings is 2. The third-order valence-electron chi connectivity index (χ3n) is 6.55. The van der Waals surface area contributed by atoms with Crippen LogP contribution >= 0.6 is 11.3 Å². The lowest BCUT2D eigenvalue weighted by Gasteiger charge is -2.35. The maximum absolute atomic E-state index is 13.7. The second-order valence-electron chi connectivity index (χ2n) is 9.12. The van der Waals surface area contributed by atoms with Gasteiger partial charge in [-0.1, -0.05) is 49.6 Å². The minimum Gasteiger partial charge on any atom is -0.332 e. The number of anilines is 1. The Hall–Kier alpha value is -3.19. The highest BCUT2D eigenvalue weighted by Gasteiger charge is 2.29. The molecule has 3 amide bonds. The van der Waals surface area contributed by atoms with Crippen LogP contribution in [0.25, 0.3) is 0 Å². The quantitative estimate of drug-likeness (QED) is 0.385. The van der Waals surface area contributed by atoms with E-state index in [4.69, 9.17) is 0 Å². The minimum atomic E-state index is -0.304. The van der Waals surface area contributed by atoms with Crippen molar-refractivity contribution in [2.75, 3.05) is 11.9 Å². The summed E-state index contributed by atoms with van der Waals surface area (Å²) >= 11 is 1.62. The summed E-state index contributed by atoms with van der Waals surface area (Å²) in [5, 5.41) is 4.99. The number of hydrogen-bond acceptors (Lipinski definition) is 3. The highest BCUT2D eigenvalue weighted by atomic mass is 32.1. The van der Waals surface area contributed by atoms with Crippen molar-refractivity contribution < 1.29 is 14.0 Å². The molecule has 2 aromatic carbocycles. The van der Waals surface area contributed by atoms with Crippen LogP contribution in [0.5, 0.6) is 0 Å². The summed E-state index contributed by atoms with van der Waals surface area (Å²) in [4.78, 5) is 31.6. The standard InChI is InChI=1S/C28H32FN3O2S/c1-21-16-17-35-26(21)19-31(18-22-12-14-23(29)15-13-22)27(33)20-32(25-10-6-3-7-11-25)28(34)30-24-8-4-2-5-9-24/h2,4-5,8-9,12-17,25H,3,6-7,10-11,18-20H2,1H3,(H,30,34). The van der Waals surface area contributed by atoms with Crippen molar-refractivity contribution in [3.63, 3.8) is 0 Å². The van der Waals surface area contributed by atoms with Crippen LogP contribution < -0.4 is 5.32 Å². The van der Waals surface area contributed by atoms with Gasteiger partial charge in [-0.25, -0.2) is 9.18 Å². The van der Waals surface area contributed by atoms with Crippen molar-refractivity contribution in [1.29, 1.82) is 0 Å². The van der Waals surface area contributed by atoms with Gasteiger partial charge < -0.3 is 15.1 Å². The molecular formula is C28H32FN3O2S. The zero-order valence-corrected chi connectivity index (χ0v) is 20.9. The van der Waals surface area contributed by atoms with Gasteiger partial charge in [-0.15, -0.1) is 11.3 Å². The second kappa shape index (κ2) is 12.0. The third kappa shape index (κ3) is 6.92. The van der Waals surface area contributed by atoms with E-state index in [1.807, 2.05) is 48.7 Å². The van der Waals surface area contributed by atoms with Crippen molar-refractivity contribution in [2.24, 2.45) is 0 Å². The van der Waals surface area contributed by atoms with Gasteiger partial charge in [0.05, 0.1) is 6.54 Å². The summed E-state index contributed by atoms with van der Waals surface area (Å²) in [6, 6.07) is 17.4. The molecule has 184 valence electrons. The van der Waals surface area contributed by atoms with Crippen LogP contribution in [0.2, 0.25) is 0 Å². The molecule has 5 nitrogen and oxygen atoms in total. The molecular weight excluding hydrogens is 461 g/mol. The van der Waals surface area contributed by atoms with E-state index in [-0.39, 0.29) is 30.3 Å². The Bertz CT molecular complexity index is 1110. The minimum absolute atomic E-state index is 0.00888. The highest BCUT2D eigenvalue weighted by Crippen LogP contribution is 2.25. The Kier molecular flexibility index (Phi) is 8.53. The summed E-state index contributed by atoms with van der Waals surface area (Å²) in [5.41, 5.74) is 2.70. The zero-order chi connectivity index (χ0) is 24.6. The number of nitrogens with zero attached hydrogens (tertiary/aromatic N) is 2. The van der Waals surface area contributed by atoms with E-state index in [2.05, 4.69) is 5.32 Å². The number of carbonyl (C=O) groups is 2. The van der Waals surface area contributed by atoms with Gasteiger partial charge in [0, 0.05) is 23.2 Å². The first-order valence-corrected chi connectivity index (χ1v) is 13.1. The largest absolute Gasteiger partial charge is 0.332 e. The molecule has 1 saturated carbocycles. The van der Waals surface area contributed by atoms with Crippen LogP contribution in [0, 0.1) is 12.7 Å². The van der Waals surface area contributed by atoms with Crippen LogP contribution in [0.1, 0.15) is 48.1 Å². The van der Waals surface area contributed by atoms with Crippen LogP contribution in [0.15, 0.2) is 66.0 Å². The molecule has 0 atom stereocenters.